The molecule has 0 saturated heterocycles. The van der Waals surface area contributed by atoms with Crippen LogP contribution in [-0.2, 0) is 11.3 Å². The largest absolute Gasteiger partial charge is 0.461 e. The lowest BCUT2D eigenvalue weighted by atomic mass is 10.3. The Kier molecular flexibility index (Phi) is 5.24. The maximum atomic E-state index is 12.8. The highest BCUT2D eigenvalue weighted by Gasteiger charge is 2.20. The predicted octanol–water partition coefficient (Wildman–Crippen LogP) is 1.44. The van der Waals surface area contributed by atoms with E-state index in [1.54, 1.807) is 43.3 Å². The van der Waals surface area contributed by atoms with Crippen LogP contribution in [0.2, 0.25) is 5.02 Å². The molecule has 26 heavy (non-hydrogen) atoms. The summed E-state index contributed by atoms with van der Waals surface area (Å²) < 4.78 is 7.72. The van der Waals surface area contributed by atoms with Crippen molar-refractivity contribution in [1.82, 2.24) is 19.7 Å². The molecule has 0 aliphatic carbocycles. The Hall–Kier alpha value is -2.84. The van der Waals surface area contributed by atoms with Crippen LogP contribution in [0.1, 0.15) is 6.92 Å². The van der Waals surface area contributed by atoms with Crippen molar-refractivity contribution in [3.8, 4) is 17.3 Å². The minimum absolute atomic E-state index is 0.0923. The van der Waals surface area contributed by atoms with Gasteiger partial charge in [-0.15, -0.1) is 5.10 Å². The quantitative estimate of drug-likeness (QED) is 0.677. The van der Waals surface area contributed by atoms with E-state index in [2.05, 4.69) is 10.4 Å². The van der Waals surface area contributed by atoms with E-state index in [0.717, 1.165) is 0 Å². The van der Waals surface area contributed by atoms with Crippen LogP contribution in [0.5, 0.6) is 0 Å². The van der Waals surface area contributed by atoms with E-state index in [0.29, 0.717) is 16.5 Å². The molecule has 9 heteroatoms. The maximum absolute atomic E-state index is 12.8. The molecule has 1 aromatic carbocycles. The molecule has 3 rings (SSSR count). The van der Waals surface area contributed by atoms with Crippen LogP contribution < -0.4 is 11.0 Å². The summed E-state index contributed by atoms with van der Waals surface area (Å²) in [6.07, 6.45) is 0.774. The predicted molar refractivity (Wildman–Crippen MR) is 95.2 cm³/mol. The number of carbonyl (C=O) groups excluding carboxylic acids is 1. The normalized spacial score (nSPS) is 12.1. The Balaban J connectivity index is 2.00. The molecule has 0 fully saturated rings. The molecule has 3 aromatic rings. The number of rotatable bonds is 6. The smallest absolute Gasteiger partial charge is 0.351 e. The summed E-state index contributed by atoms with van der Waals surface area (Å²) in [6, 6.07) is 9.91. The summed E-state index contributed by atoms with van der Waals surface area (Å²) >= 11 is 5.88. The molecule has 8 nitrogen and oxygen atoms in total. The molecule has 1 atom stereocenters. The first kappa shape index (κ1) is 18.0. The summed E-state index contributed by atoms with van der Waals surface area (Å²) in [5.74, 6) is 0.164. The van der Waals surface area contributed by atoms with Crippen molar-refractivity contribution in [2.75, 3.05) is 6.54 Å². The van der Waals surface area contributed by atoms with Crippen molar-refractivity contribution in [2.45, 2.75) is 19.6 Å². The number of halogens is 1. The van der Waals surface area contributed by atoms with Crippen LogP contribution in [-0.4, -0.2) is 38.0 Å². The molecule has 0 spiro atoms. The number of carbonyl (C=O) groups is 1. The standard InChI is InChI=1S/C17H17ClN4O4/c1-11(23)9-19-15(24)10-21-16(14-3-2-8-26-14)20-22(17(21)25)13-6-4-12(18)5-7-13/h2-8,11,23H,9-10H2,1H3,(H,19,24)/t11-/m0/s1. The van der Waals surface area contributed by atoms with E-state index < -0.39 is 17.7 Å². The van der Waals surface area contributed by atoms with Crippen molar-refractivity contribution >= 4 is 17.5 Å². The van der Waals surface area contributed by atoms with Gasteiger partial charge in [0.2, 0.25) is 11.7 Å². The number of hydrogen-bond acceptors (Lipinski definition) is 5. The van der Waals surface area contributed by atoms with Crippen molar-refractivity contribution in [1.29, 1.82) is 0 Å². The third-order valence-corrected chi connectivity index (χ3v) is 3.82. The maximum Gasteiger partial charge on any atom is 0.351 e. The number of aliphatic hydroxyl groups is 1. The van der Waals surface area contributed by atoms with E-state index in [1.807, 2.05) is 0 Å². The monoisotopic (exact) mass is 376 g/mol. The lowest BCUT2D eigenvalue weighted by Gasteiger charge is -2.07. The third kappa shape index (κ3) is 3.87. The molecule has 2 N–H and O–H groups in total. The summed E-state index contributed by atoms with van der Waals surface area (Å²) in [5.41, 5.74) is 0.0151. The molecule has 1 amide bonds. The van der Waals surface area contributed by atoms with E-state index in [9.17, 15) is 14.7 Å². The summed E-state index contributed by atoms with van der Waals surface area (Å²) in [4.78, 5) is 24.9. The van der Waals surface area contributed by atoms with E-state index >= 15 is 0 Å². The highest BCUT2D eigenvalue weighted by molar-refractivity contribution is 6.30. The Bertz CT molecular complexity index is 942. The van der Waals surface area contributed by atoms with Gasteiger partial charge in [-0.2, -0.15) is 4.68 Å². The van der Waals surface area contributed by atoms with Crippen LogP contribution in [0.25, 0.3) is 17.3 Å². The first-order valence-electron chi connectivity index (χ1n) is 7.90. The van der Waals surface area contributed by atoms with E-state index in [-0.39, 0.29) is 18.9 Å². The van der Waals surface area contributed by atoms with Crippen molar-refractivity contribution in [3.63, 3.8) is 0 Å². The zero-order valence-corrected chi connectivity index (χ0v) is 14.7. The zero-order chi connectivity index (χ0) is 18.7. The van der Waals surface area contributed by atoms with Crippen molar-refractivity contribution in [3.05, 3.63) is 58.2 Å². The number of amides is 1. The lowest BCUT2D eigenvalue weighted by molar-refractivity contribution is -0.122. The Morgan fingerprint density at radius 2 is 2.08 bits per heavy atom. The van der Waals surface area contributed by atoms with Gasteiger partial charge in [0, 0.05) is 11.6 Å². The summed E-state index contributed by atoms with van der Waals surface area (Å²) in [5, 5.41) is 16.7. The molecule has 0 aliphatic heterocycles. The number of nitrogens with one attached hydrogen (secondary N) is 1. The average molecular weight is 377 g/mol. The number of benzene rings is 1. The third-order valence-electron chi connectivity index (χ3n) is 3.57. The highest BCUT2D eigenvalue weighted by atomic mass is 35.5. The first-order chi connectivity index (χ1) is 12.5. The fourth-order valence-corrected chi connectivity index (χ4v) is 2.46. The molecular weight excluding hydrogens is 360 g/mol. The number of hydrogen-bond donors (Lipinski definition) is 2. The van der Waals surface area contributed by atoms with Gasteiger partial charge in [-0.1, -0.05) is 11.6 Å². The van der Waals surface area contributed by atoms with E-state index in [1.165, 1.54) is 15.5 Å². The van der Waals surface area contributed by atoms with Crippen molar-refractivity contribution in [2.24, 2.45) is 0 Å². The fourth-order valence-electron chi connectivity index (χ4n) is 2.34. The van der Waals surface area contributed by atoms with Gasteiger partial charge in [0.1, 0.15) is 6.54 Å². The highest BCUT2D eigenvalue weighted by Crippen LogP contribution is 2.18. The minimum Gasteiger partial charge on any atom is -0.461 e. The molecule has 0 unspecified atom stereocenters. The zero-order valence-electron chi connectivity index (χ0n) is 13.9. The SMILES string of the molecule is C[C@H](O)CNC(=O)Cn1c(-c2ccco2)nn(-c2ccc(Cl)cc2)c1=O. The van der Waals surface area contributed by atoms with Crippen LogP contribution in [0.4, 0.5) is 0 Å². The second-order valence-corrected chi connectivity index (χ2v) is 6.15. The Labute approximate surface area is 153 Å². The molecule has 2 aromatic heterocycles. The second kappa shape index (κ2) is 7.59. The number of furan rings is 1. The van der Waals surface area contributed by atoms with Gasteiger partial charge in [-0.25, -0.2) is 4.79 Å². The number of nitrogens with zero attached hydrogens (tertiary/aromatic N) is 3. The number of aliphatic hydroxyl groups excluding tert-OH is 1. The Morgan fingerprint density at radius 1 is 1.35 bits per heavy atom. The lowest BCUT2D eigenvalue weighted by Crippen LogP contribution is -2.36. The molecule has 2 heterocycles. The number of aromatic nitrogens is 3. The van der Waals surface area contributed by atoms with Crippen LogP contribution in [0.3, 0.4) is 0 Å². The van der Waals surface area contributed by atoms with Crippen LogP contribution in [0.15, 0.2) is 51.9 Å². The molecule has 136 valence electrons. The first-order valence-corrected chi connectivity index (χ1v) is 8.28. The molecule has 0 bridgehead atoms. The van der Waals surface area contributed by atoms with Gasteiger partial charge < -0.3 is 14.8 Å². The molecule has 0 saturated carbocycles. The van der Waals surface area contributed by atoms with Gasteiger partial charge in [-0.05, 0) is 43.3 Å². The van der Waals surface area contributed by atoms with Gasteiger partial charge in [0.05, 0.1) is 18.1 Å². The van der Waals surface area contributed by atoms with Gasteiger partial charge in [0.15, 0.2) is 5.76 Å². The van der Waals surface area contributed by atoms with E-state index in [4.69, 9.17) is 16.0 Å². The fraction of sp³-hybridized carbons (Fsp3) is 0.235. The van der Waals surface area contributed by atoms with Gasteiger partial charge in [0.25, 0.3) is 0 Å². The van der Waals surface area contributed by atoms with Crippen LogP contribution >= 0.6 is 11.6 Å². The minimum atomic E-state index is -0.683. The molecule has 0 aliphatic rings. The summed E-state index contributed by atoms with van der Waals surface area (Å²) in [6.45, 7) is 1.39. The molecule has 0 radical (unpaired) electrons. The topological polar surface area (TPSA) is 102 Å². The average Bonchev–Trinajstić information content (AvgIpc) is 3.23. The van der Waals surface area contributed by atoms with Gasteiger partial charge >= 0.3 is 5.69 Å². The summed E-state index contributed by atoms with van der Waals surface area (Å²) in [7, 11) is 0. The van der Waals surface area contributed by atoms with Gasteiger partial charge in [-0.3, -0.25) is 9.36 Å². The molecular formula is C17H17ClN4O4. The van der Waals surface area contributed by atoms with Crippen LogP contribution in [0, 0.1) is 0 Å². The van der Waals surface area contributed by atoms with Crippen molar-refractivity contribution < 1.29 is 14.3 Å². The second-order valence-electron chi connectivity index (χ2n) is 5.71. The Morgan fingerprint density at radius 3 is 2.69 bits per heavy atom.